The molecule has 0 saturated heterocycles. The highest BCUT2D eigenvalue weighted by molar-refractivity contribution is 9.10. The number of aliphatic imine (C=N–C) groups is 1. The third-order valence-corrected chi connectivity index (χ3v) is 2.86. The molecule has 0 unspecified atom stereocenters. The van der Waals surface area contributed by atoms with Crippen molar-refractivity contribution in [3.05, 3.63) is 28.7 Å². The number of guanidine groups is 1. The van der Waals surface area contributed by atoms with Crippen LogP contribution in [0.15, 0.2) is 33.7 Å². The number of nitrogens with one attached hydrogen (secondary N) is 1. The Morgan fingerprint density at radius 2 is 2.35 bits per heavy atom. The van der Waals surface area contributed by atoms with Crippen LogP contribution in [0.25, 0.3) is 0 Å². The van der Waals surface area contributed by atoms with Gasteiger partial charge >= 0.3 is 0 Å². The molecule has 1 fully saturated rings. The van der Waals surface area contributed by atoms with E-state index in [1.54, 1.807) is 0 Å². The summed E-state index contributed by atoms with van der Waals surface area (Å²) in [5.74, 6) is 1.36. The molecule has 0 radical (unpaired) electrons. The van der Waals surface area contributed by atoms with Gasteiger partial charge in [0.1, 0.15) is 12.4 Å². The molecule has 1 saturated carbocycles. The van der Waals surface area contributed by atoms with Crippen LogP contribution < -0.4 is 15.8 Å². The lowest BCUT2D eigenvalue weighted by atomic mass is 10.3. The van der Waals surface area contributed by atoms with Crippen molar-refractivity contribution in [2.24, 2.45) is 10.7 Å². The van der Waals surface area contributed by atoms with Crippen LogP contribution in [0.2, 0.25) is 0 Å². The summed E-state index contributed by atoms with van der Waals surface area (Å²) in [5.41, 5.74) is 5.69. The number of rotatable bonds is 5. The molecule has 1 aliphatic carbocycles. The molecule has 4 nitrogen and oxygen atoms in total. The van der Waals surface area contributed by atoms with Crippen LogP contribution in [0.3, 0.4) is 0 Å². The Balaban J connectivity index is 1.68. The van der Waals surface area contributed by atoms with Gasteiger partial charge in [0.2, 0.25) is 0 Å². The van der Waals surface area contributed by atoms with Crippen molar-refractivity contribution in [2.45, 2.75) is 18.9 Å². The quantitative estimate of drug-likeness (QED) is 0.496. The first-order valence-electron chi connectivity index (χ1n) is 5.69. The lowest BCUT2D eigenvalue weighted by molar-refractivity contribution is 0.328. The van der Waals surface area contributed by atoms with Gasteiger partial charge in [-0.1, -0.05) is 22.0 Å². The van der Waals surface area contributed by atoms with Crippen molar-refractivity contribution in [1.82, 2.24) is 5.32 Å². The minimum absolute atomic E-state index is 0.519. The van der Waals surface area contributed by atoms with E-state index in [4.69, 9.17) is 10.5 Å². The van der Waals surface area contributed by atoms with Crippen LogP contribution in [0, 0.1) is 0 Å². The number of hydrogen-bond acceptors (Lipinski definition) is 2. The molecule has 2 rings (SSSR count). The highest BCUT2D eigenvalue weighted by atomic mass is 79.9. The number of ether oxygens (including phenoxy) is 1. The Labute approximate surface area is 109 Å². The van der Waals surface area contributed by atoms with E-state index in [1.165, 1.54) is 12.8 Å². The SMILES string of the molecule is NC(=NCCOc1cccc(Br)c1)NC1CC1. The molecule has 0 amide bonds. The zero-order valence-electron chi connectivity index (χ0n) is 9.53. The molecule has 17 heavy (non-hydrogen) atoms. The van der Waals surface area contributed by atoms with Gasteiger partial charge in [0.25, 0.3) is 0 Å². The Morgan fingerprint density at radius 3 is 3.06 bits per heavy atom. The Morgan fingerprint density at radius 1 is 1.53 bits per heavy atom. The maximum atomic E-state index is 5.69. The van der Waals surface area contributed by atoms with Crippen molar-refractivity contribution in [2.75, 3.05) is 13.2 Å². The molecule has 1 aromatic carbocycles. The lowest BCUT2D eigenvalue weighted by Gasteiger charge is -2.06. The molecule has 0 bridgehead atoms. The van der Waals surface area contributed by atoms with E-state index in [0.29, 0.717) is 25.2 Å². The van der Waals surface area contributed by atoms with Crippen LogP contribution >= 0.6 is 15.9 Å². The van der Waals surface area contributed by atoms with E-state index in [0.717, 1.165) is 10.2 Å². The van der Waals surface area contributed by atoms with Gasteiger partial charge in [-0.25, -0.2) is 4.99 Å². The average molecular weight is 298 g/mol. The third kappa shape index (κ3) is 4.65. The number of hydrogen-bond donors (Lipinski definition) is 2. The van der Waals surface area contributed by atoms with Gasteiger partial charge in [-0.05, 0) is 31.0 Å². The summed E-state index contributed by atoms with van der Waals surface area (Å²) in [6.45, 7) is 1.10. The molecule has 0 atom stereocenters. The summed E-state index contributed by atoms with van der Waals surface area (Å²) in [6.07, 6.45) is 2.40. The van der Waals surface area contributed by atoms with Gasteiger partial charge in [0.15, 0.2) is 5.96 Å². The van der Waals surface area contributed by atoms with Crippen LogP contribution in [0.5, 0.6) is 5.75 Å². The van der Waals surface area contributed by atoms with E-state index in [2.05, 4.69) is 26.2 Å². The smallest absolute Gasteiger partial charge is 0.188 e. The zero-order chi connectivity index (χ0) is 12.1. The molecular weight excluding hydrogens is 282 g/mol. The van der Waals surface area contributed by atoms with Crippen molar-refractivity contribution in [1.29, 1.82) is 0 Å². The first kappa shape index (κ1) is 12.2. The molecule has 0 aromatic heterocycles. The Hall–Kier alpha value is -1.23. The highest BCUT2D eigenvalue weighted by Crippen LogP contribution is 2.18. The van der Waals surface area contributed by atoms with Crippen LogP contribution in [0.4, 0.5) is 0 Å². The maximum Gasteiger partial charge on any atom is 0.188 e. The number of nitrogens with zero attached hydrogens (tertiary/aromatic N) is 1. The summed E-state index contributed by atoms with van der Waals surface area (Å²) in [4.78, 5) is 4.19. The molecular formula is C12H16BrN3O. The molecule has 0 aliphatic heterocycles. The van der Waals surface area contributed by atoms with E-state index in [1.807, 2.05) is 24.3 Å². The van der Waals surface area contributed by atoms with Crippen LogP contribution in [0.1, 0.15) is 12.8 Å². The minimum Gasteiger partial charge on any atom is -0.492 e. The van der Waals surface area contributed by atoms with Gasteiger partial charge < -0.3 is 15.8 Å². The standard InChI is InChI=1S/C12H16BrN3O/c13-9-2-1-3-11(8-9)17-7-6-15-12(14)16-10-4-5-10/h1-3,8,10H,4-7H2,(H3,14,15,16). The van der Waals surface area contributed by atoms with Crippen LogP contribution in [-0.4, -0.2) is 25.2 Å². The Bertz CT molecular complexity index is 404. The summed E-state index contributed by atoms with van der Waals surface area (Å²) in [7, 11) is 0. The molecule has 1 aliphatic rings. The highest BCUT2D eigenvalue weighted by Gasteiger charge is 2.21. The van der Waals surface area contributed by atoms with Crippen molar-refractivity contribution in [3.8, 4) is 5.75 Å². The van der Waals surface area contributed by atoms with Gasteiger partial charge in [0, 0.05) is 10.5 Å². The van der Waals surface area contributed by atoms with Crippen molar-refractivity contribution < 1.29 is 4.74 Å². The molecule has 3 N–H and O–H groups in total. The molecule has 0 spiro atoms. The maximum absolute atomic E-state index is 5.69. The fourth-order valence-electron chi connectivity index (χ4n) is 1.37. The molecule has 92 valence electrons. The first-order chi connectivity index (χ1) is 8.24. The molecule has 1 aromatic rings. The van der Waals surface area contributed by atoms with E-state index in [-0.39, 0.29) is 0 Å². The summed E-state index contributed by atoms with van der Waals surface area (Å²) < 4.78 is 6.55. The second kappa shape index (κ2) is 5.91. The summed E-state index contributed by atoms with van der Waals surface area (Å²) >= 11 is 3.39. The summed E-state index contributed by atoms with van der Waals surface area (Å²) in [5, 5.41) is 3.13. The van der Waals surface area contributed by atoms with Crippen LogP contribution in [-0.2, 0) is 0 Å². The molecule has 0 heterocycles. The Kier molecular flexibility index (Phi) is 4.25. The van der Waals surface area contributed by atoms with E-state index >= 15 is 0 Å². The van der Waals surface area contributed by atoms with Crippen molar-refractivity contribution >= 4 is 21.9 Å². The van der Waals surface area contributed by atoms with Gasteiger partial charge in [-0.2, -0.15) is 0 Å². The average Bonchev–Trinajstić information content (AvgIpc) is 3.08. The van der Waals surface area contributed by atoms with E-state index in [9.17, 15) is 0 Å². The largest absolute Gasteiger partial charge is 0.492 e. The minimum atomic E-state index is 0.519. The zero-order valence-corrected chi connectivity index (χ0v) is 11.1. The first-order valence-corrected chi connectivity index (χ1v) is 6.48. The number of benzene rings is 1. The second-order valence-corrected chi connectivity index (χ2v) is 4.91. The number of halogens is 1. The number of nitrogens with two attached hydrogens (primary N) is 1. The summed E-state index contributed by atoms with van der Waals surface area (Å²) in [6, 6.07) is 8.29. The predicted octanol–water partition coefficient (Wildman–Crippen LogP) is 1.89. The topological polar surface area (TPSA) is 59.6 Å². The van der Waals surface area contributed by atoms with Gasteiger partial charge in [0.05, 0.1) is 6.54 Å². The normalized spacial score (nSPS) is 15.7. The lowest BCUT2D eigenvalue weighted by Crippen LogP contribution is -2.33. The second-order valence-electron chi connectivity index (χ2n) is 3.99. The van der Waals surface area contributed by atoms with Gasteiger partial charge in [-0.3, -0.25) is 0 Å². The fourth-order valence-corrected chi connectivity index (χ4v) is 1.75. The predicted molar refractivity (Wildman–Crippen MR) is 72.3 cm³/mol. The van der Waals surface area contributed by atoms with Gasteiger partial charge in [-0.15, -0.1) is 0 Å². The third-order valence-electron chi connectivity index (χ3n) is 2.37. The monoisotopic (exact) mass is 297 g/mol. The fraction of sp³-hybridized carbons (Fsp3) is 0.417. The van der Waals surface area contributed by atoms with E-state index < -0.39 is 0 Å². The molecule has 5 heteroatoms. The van der Waals surface area contributed by atoms with Crippen molar-refractivity contribution in [3.63, 3.8) is 0 Å².